The minimum absolute atomic E-state index is 0.445. The molecule has 0 saturated heterocycles. The molecule has 0 fully saturated rings. The van der Waals surface area contributed by atoms with E-state index < -0.39 is 10.0 Å². The van der Waals surface area contributed by atoms with E-state index in [9.17, 15) is 8.42 Å². The lowest BCUT2D eigenvalue weighted by atomic mass is 10.1. The molecular weight excluding hydrogens is 236 g/mol. The molecule has 0 amide bonds. The lowest BCUT2D eigenvalue weighted by Gasteiger charge is -2.06. The molecule has 1 aromatic carbocycles. The standard InChI is InChI=1S/C12H20N2O2S/c1-3-9-13-12-6-4-11(5-7-12)8-10-14-17(2,15)16/h4-7,13-14H,3,8-10H2,1-2H3. The Balaban J connectivity index is 2.40. The van der Waals surface area contributed by atoms with Gasteiger partial charge in [0.25, 0.3) is 0 Å². The highest BCUT2D eigenvalue weighted by atomic mass is 32.2. The Bertz CT molecular complexity index is 426. The molecule has 0 bridgehead atoms. The van der Waals surface area contributed by atoms with Gasteiger partial charge in [-0.05, 0) is 30.5 Å². The van der Waals surface area contributed by atoms with Gasteiger partial charge >= 0.3 is 0 Å². The van der Waals surface area contributed by atoms with Gasteiger partial charge in [0.05, 0.1) is 6.26 Å². The van der Waals surface area contributed by atoms with Crippen molar-refractivity contribution in [1.29, 1.82) is 0 Å². The Morgan fingerprint density at radius 1 is 1.12 bits per heavy atom. The first kappa shape index (κ1) is 14.0. The fourth-order valence-corrected chi connectivity index (χ4v) is 1.91. The van der Waals surface area contributed by atoms with Gasteiger partial charge in [-0.25, -0.2) is 13.1 Å². The van der Waals surface area contributed by atoms with E-state index in [1.807, 2.05) is 24.3 Å². The number of hydrogen-bond acceptors (Lipinski definition) is 3. The quantitative estimate of drug-likeness (QED) is 0.779. The molecule has 5 heteroatoms. The molecule has 0 spiro atoms. The van der Waals surface area contributed by atoms with Gasteiger partial charge in [0.15, 0.2) is 0 Å². The van der Waals surface area contributed by atoms with E-state index in [4.69, 9.17) is 0 Å². The molecule has 0 aliphatic rings. The molecule has 2 N–H and O–H groups in total. The van der Waals surface area contributed by atoms with Crippen molar-refractivity contribution in [2.75, 3.05) is 24.7 Å². The highest BCUT2D eigenvalue weighted by Gasteiger charge is 2.00. The van der Waals surface area contributed by atoms with Crippen LogP contribution in [0.1, 0.15) is 18.9 Å². The van der Waals surface area contributed by atoms with Crippen molar-refractivity contribution >= 4 is 15.7 Å². The highest BCUT2D eigenvalue weighted by molar-refractivity contribution is 7.88. The van der Waals surface area contributed by atoms with Gasteiger partial charge in [-0.3, -0.25) is 0 Å². The first-order valence-electron chi connectivity index (χ1n) is 5.78. The fraction of sp³-hybridized carbons (Fsp3) is 0.500. The molecule has 0 radical (unpaired) electrons. The van der Waals surface area contributed by atoms with Gasteiger partial charge in [-0.15, -0.1) is 0 Å². The van der Waals surface area contributed by atoms with E-state index in [1.165, 1.54) is 6.26 Å². The third-order valence-corrected chi connectivity index (χ3v) is 3.04. The van der Waals surface area contributed by atoms with E-state index >= 15 is 0 Å². The molecule has 1 aromatic rings. The van der Waals surface area contributed by atoms with E-state index in [1.54, 1.807) is 0 Å². The SMILES string of the molecule is CCCNc1ccc(CCNS(C)(=O)=O)cc1. The van der Waals surface area contributed by atoms with Gasteiger partial charge in [0.1, 0.15) is 0 Å². The van der Waals surface area contributed by atoms with E-state index in [0.29, 0.717) is 13.0 Å². The molecule has 0 aliphatic heterocycles. The summed E-state index contributed by atoms with van der Waals surface area (Å²) in [5.41, 5.74) is 2.23. The van der Waals surface area contributed by atoms with Crippen LogP contribution in [0.3, 0.4) is 0 Å². The number of anilines is 1. The van der Waals surface area contributed by atoms with Crippen LogP contribution in [0.2, 0.25) is 0 Å². The topological polar surface area (TPSA) is 58.2 Å². The zero-order chi connectivity index (χ0) is 12.7. The summed E-state index contributed by atoms with van der Waals surface area (Å²) in [5, 5.41) is 3.29. The van der Waals surface area contributed by atoms with Crippen LogP contribution in [-0.4, -0.2) is 27.8 Å². The molecule has 4 nitrogen and oxygen atoms in total. The predicted octanol–water partition coefficient (Wildman–Crippen LogP) is 1.60. The van der Waals surface area contributed by atoms with Crippen molar-refractivity contribution in [2.45, 2.75) is 19.8 Å². The minimum Gasteiger partial charge on any atom is -0.385 e. The maximum Gasteiger partial charge on any atom is 0.208 e. The Kier molecular flexibility index (Phi) is 5.44. The second-order valence-corrected chi connectivity index (χ2v) is 5.87. The van der Waals surface area contributed by atoms with Crippen LogP contribution >= 0.6 is 0 Å². The molecule has 0 aliphatic carbocycles. The summed E-state index contributed by atoms with van der Waals surface area (Å²) in [5.74, 6) is 0. The molecule has 0 unspecified atom stereocenters. The predicted molar refractivity (Wildman–Crippen MR) is 71.8 cm³/mol. The summed E-state index contributed by atoms with van der Waals surface area (Å²) < 4.78 is 24.2. The Labute approximate surface area is 103 Å². The monoisotopic (exact) mass is 256 g/mol. The first-order chi connectivity index (χ1) is 8.01. The maximum atomic E-state index is 10.9. The zero-order valence-corrected chi connectivity index (χ0v) is 11.2. The third-order valence-electron chi connectivity index (χ3n) is 2.31. The summed E-state index contributed by atoms with van der Waals surface area (Å²) in [7, 11) is -3.08. The van der Waals surface area contributed by atoms with Crippen molar-refractivity contribution in [3.05, 3.63) is 29.8 Å². The molecule has 1 rings (SSSR count). The molecule has 17 heavy (non-hydrogen) atoms. The van der Waals surface area contributed by atoms with Crippen molar-refractivity contribution in [3.8, 4) is 0 Å². The van der Waals surface area contributed by atoms with Gasteiger partial charge in [0.2, 0.25) is 10.0 Å². The van der Waals surface area contributed by atoms with Crippen molar-refractivity contribution in [1.82, 2.24) is 4.72 Å². The zero-order valence-electron chi connectivity index (χ0n) is 10.4. The van der Waals surface area contributed by atoms with Gasteiger partial charge in [-0.2, -0.15) is 0 Å². The lowest BCUT2D eigenvalue weighted by Crippen LogP contribution is -2.24. The number of rotatable bonds is 7. The Hall–Kier alpha value is -1.07. The van der Waals surface area contributed by atoms with E-state index in [2.05, 4.69) is 17.0 Å². The van der Waals surface area contributed by atoms with Crippen molar-refractivity contribution < 1.29 is 8.42 Å². The van der Waals surface area contributed by atoms with Gasteiger partial charge < -0.3 is 5.32 Å². The highest BCUT2D eigenvalue weighted by Crippen LogP contribution is 2.09. The van der Waals surface area contributed by atoms with E-state index in [-0.39, 0.29) is 0 Å². The smallest absolute Gasteiger partial charge is 0.208 e. The largest absolute Gasteiger partial charge is 0.385 e. The molecular formula is C12H20N2O2S. The van der Waals surface area contributed by atoms with Crippen LogP contribution in [0, 0.1) is 0 Å². The molecule has 96 valence electrons. The van der Waals surface area contributed by atoms with Crippen molar-refractivity contribution in [3.63, 3.8) is 0 Å². The number of hydrogen-bond donors (Lipinski definition) is 2. The summed E-state index contributed by atoms with van der Waals surface area (Å²) in [6.07, 6.45) is 2.98. The third kappa shape index (κ3) is 6.28. The Morgan fingerprint density at radius 2 is 1.76 bits per heavy atom. The van der Waals surface area contributed by atoms with Crippen LogP contribution in [0.15, 0.2) is 24.3 Å². The maximum absolute atomic E-state index is 10.9. The Morgan fingerprint density at radius 3 is 2.29 bits per heavy atom. The average molecular weight is 256 g/mol. The molecule has 0 aromatic heterocycles. The molecule has 0 atom stereocenters. The first-order valence-corrected chi connectivity index (χ1v) is 7.68. The average Bonchev–Trinajstić information content (AvgIpc) is 2.26. The van der Waals surface area contributed by atoms with Crippen LogP contribution in [0.4, 0.5) is 5.69 Å². The second kappa shape index (κ2) is 6.61. The van der Waals surface area contributed by atoms with Crippen LogP contribution in [-0.2, 0) is 16.4 Å². The number of sulfonamides is 1. The molecule has 0 saturated carbocycles. The number of benzene rings is 1. The van der Waals surface area contributed by atoms with Gasteiger partial charge in [0, 0.05) is 18.8 Å². The van der Waals surface area contributed by atoms with Crippen LogP contribution in [0.25, 0.3) is 0 Å². The lowest BCUT2D eigenvalue weighted by molar-refractivity contribution is 0.588. The molecule has 0 heterocycles. The fourth-order valence-electron chi connectivity index (χ4n) is 1.44. The normalized spacial score (nSPS) is 11.4. The summed E-state index contributed by atoms with van der Waals surface area (Å²) in [4.78, 5) is 0. The van der Waals surface area contributed by atoms with Crippen LogP contribution < -0.4 is 10.0 Å². The summed E-state index contributed by atoms with van der Waals surface area (Å²) in [6, 6.07) is 8.07. The minimum atomic E-state index is -3.08. The summed E-state index contributed by atoms with van der Waals surface area (Å²) >= 11 is 0. The van der Waals surface area contributed by atoms with Crippen LogP contribution in [0.5, 0.6) is 0 Å². The van der Waals surface area contributed by atoms with Gasteiger partial charge in [-0.1, -0.05) is 19.1 Å². The number of nitrogens with one attached hydrogen (secondary N) is 2. The second-order valence-electron chi connectivity index (χ2n) is 4.04. The van der Waals surface area contributed by atoms with Crippen molar-refractivity contribution in [2.24, 2.45) is 0 Å². The summed E-state index contributed by atoms with van der Waals surface area (Å²) in [6.45, 7) is 3.54. The van der Waals surface area contributed by atoms with E-state index in [0.717, 1.165) is 24.2 Å².